The van der Waals surface area contributed by atoms with Crippen molar-refractivity contribution < 1.29 is 14.4 Å². The molecule has 28 heavy (non-hydrogen) atoms. The quantitative estimate of drug-likeness (QED) is 0.751. The maximum atomic E-state index is 12.6. The van der Waals surface area contributed by atoms with Gasteiger partial charge in [-0.1, -0.05) is 32.0 Å². The van der Waals surface area contributed by atoms with Gasteiger partial charge in [-0.3, -0.25) is 14.4 Å². The van der Waals surface area contributed by atoms with Crippen molar-refractivity contribution in [1.82, 2.24) is 10.6 Å². The molecule has 1 aromatic carbocycles. The third-order valence-corrected chi connectivity index (χ3v) is 5.64. The van der Waals surface area contributed by atoms with Crippen LogP contribution in [0.5, 0.6) is 0 Å². The average Bonchev–Trinajstić information content (AvgIpc) is 3.36. The van der Waals surface area contributed by atoms with Gasteiger partial charge in [0.05, 0.1) is 4.88 Å². The lowest BCUT2D eigenvalue weighted by atomic mass is 10.0. The van der Waals surface area contributed by atoms with E-state index in [0.717, 1.165) is 24.2 Å². The van der Waals surface area contributed by atoms with Crippen molar-refractivity contribution in [3.8, 4) is 0 Å². The number of nitrogens with zero attached hydrogens (tertiary/aromatic N) is 1. The minimum Gasteiger partial charge on any atom is -0.350 e. The predicted molar refractivity (Wildman–Crippen MR) is 110 cm³/mol. The first-order valence-electron chi connectivity index (χ1n) is 9.47. The number of hydrogen-bond donors (Lipinski definition) is 2. The van der Waals surface area contributed by atoms with E-state index >= 15 is 0 Å². The van der Waals surface area contributed by atoms with E-state index in [0.29, 0.717) is 17.8 Å². The maximum Gasteiger partial charge on any atom is 0.262 e. The van der Waals surface area contributed by atoms with Crippen LogP contribution in [0.1, 0.15) is 41.9 Å². The van der Waals surface area contributed by atoms with E-state index in [4.69, 9.17) is 0 Å². The Kier molecular flexibility index (Phi) is 6.46. The van der Waals surface area contributed by atoms with Crippen LogP contribution < -0.4 is 15.5 Å². The molecule has 0 unspecified atom stereocenters. The molecule has 1 atom stereocenters. The Morgan fingerprint density at radius 2 is 1.93 bits per heavy atom. The van der Waals surface area contributed by atoms with Gasteiger partial charge in [0.2, 0.25) is 11.8 Å². The van der Waals surface area contributed by atoms with E-state index in [2.05, 4.69) is 10.6 Å². The zero-order valence-corrected chi connectivity index (χ0v) is 16.9. The van der Waals surface area contributed by atoms with Crippen LogP contribution in [0.2, 0.25) is 0 Å². The number of carbonyl (C=O) groups is 3. The molecule has 1 aliphatic heterocycles. The second-order valence-electron chi connectivity index (χ2n) is 7.21. The van der Waals surface area contributed by atoms with Crippen molar-refractivity contribution in [2.75, 3.05) is 11.4 Å². The summed E-state index contributed by atoms with van der Waals surface area (Å²) in [6.07, 6.45) is 1.50. The number of anilines is 1. The lowest BCUT2D eigenvalue weighted by molar-refractivity contribution is -0.124. The third kappa shape index (κ3) is 4.78. The number of hydrogen-bond acceptors (Lipinski definition) is 4. The lowest BCUT2D eigenvalue weighted by Gasteiger charge is -2.21. The second kappa shape index (κ2) is 9.01. The molecule has 7 heteroatoms. The molecule has 0 spiro atoms. The topological polar surface area (TPSA) is 78.5 Å². The summed E-state index contributed by atoms with van der Waals surface area (Å²) in [5, 5.41) is 7.55. The van der Waals surface area contributed by atoms with Gasteiger partial charge in [0.1, 0.15) is 6.04 Å². The van der Waals surface area contributed by atoms with Crippen molar-refractivity contribution in [1.29, 1.82) is 0 Å². The van der Waals surface area contributed by atoms with Crippen molar-refractivity contribution in [3.05, 3.63) is 52.2 Å². The van der Waals surface area contributed by atoms with Crippen molar-refractivity contribution in [2.45, 2.75) is 39.3 Å². The molecule has 148 valence electrons. The third-order valence-electron chi connectivity index (χ3n) is 4.77. The maximum absolute atomic E-state index is 12.6. The van der Waals surface area contributed by atoms with Crippen molar-refractivity contribution in [2.24, 2.45) is 5.92 Å². The van der Waals surface area contributed by atoms with Crippen LogP contribution in [0.25, 0.3) is 0 Å². The van der Waals surface area contributed by atoms with Crippen LogP contribution in [0, 0.1) is 5.92 Å². The number of rotatable bonds is 7. The molecule has 0 aliphatic carbocycles. The molecule has 3 rings (SSSR count). The zero-order valence-electron chi connectivity index (χ0n) is 16.1. The van der Waals surface area contributed by atoms with Gasteiger partial charge < -0.3 is 15.5 Å². The monoisotopic (exact) mass is 399 g/mol. The normalized spacial score (nSPS) is 15.0. The highest BCUT2D eigenvalue weighted by Crippen LogP contribution is 2.21. The average molecular weight is 400 g/mol. The summed E-state index contributed by atoms with van der Waals surface area (Å²) in [6, 6.07) is 10.6. The Morgan fingerprint density at radius 1 is 1.18 bits per heavy atom. The summed E-state index contributed by atoms with van der Waals surface area (Å²) >= 11 is 1.35. The largest absolute Gasteiger partial charge is 0.350 e. The van der Waals surface area contributed by atoms with Crippen LogP contribution in [-0.2, 0) is 16.1 Å². The molecular formula is C21H25N3O3S. The summed E-state index contributed by atoms with van der Waals surface area (Å²) in [5.41, 5.74) is 1.83. The van der Waals surface area contributed by atoms with Crippen LogP contribution >= 0.6 is 11.3 Å². The van der Waals surface area contributed by atoms with Gasteiger partial charge in [0.15, 0.2) is 0 Å². The Hall–Kier alpha value is -2.67. The second-order valence-corrected chi connectivity index (χ2v) is 8.15. The van der Waals surface area contributed by atoms with Crippen LogP contribution in [0.3, 0.4) is 0 Å². The SMILES string of the molecule is CC(C)[C@H](NC(=O)c1cccs1)C(=O)NCc1ccc(N2CCCC2=O)cc1. The molecule has 2 N–H and O–H groups in total. The van der Waals surface area contributed by atoms with Crippen LogP contribution in [0.4, 0.5) is 5.69 Å². The number of carbonyl (C=O) groups excluding carboxylic acids is 3. The number of amides is 3. The van der Waals surface area contributed by atoms with Crippen molar-refractivity contribution in [3.63, 3.8) is 0 Å². The minimum atomic E-state index is -0.601. The van der Waals surface area contributed by atoms with E-state index in [9.17, 15) is 14.4 Å². The molecule has 0 saturated carbocycles. The van der Waals surface area contributed by atoms with E-state index in [1.165, 1.54) is 11.3 Å². The van der Waals surface area contributed by atoms with Gasteiger partial charge in [0.25, 0.3) is 5.91 Å². The highest BCUT2D eigenvalue weighted by Gasteiger charge is 2.25. The minimum absolute atomic E-state index is 0.0348. The standard InChI is InChI=1S/C21H25N3O3S/c1-14(2)19(23-20(26)17-5-4-12-28-17)21(27)22-13-15-7-9-16(10-8-15)24-11-3-6-18(24)25/h4-5,7-10,12,14,19H,3,6,11,13H2,1-2H3,(H,22,27)(H,23,26)/t19-/m0/s1. The van der Waals surface area contributed by atoms with Crippen LogP contribution in [-0.4, -0.2) is 30.3 Å². The molecular weight excluding hydrogens is 374 g/mol. The van der Waals surface area contributed by atoms with Crippen LogP contribution in [0.15, 0.2) is 41.8 Å². The molecule has 1 aliphatic rings. The molecule has 3 amide bonds. The Bertz CT molecular complexity index is 831. The van der Waals surface area contributed by atoms with E-state index < -0.39 is 6.04 Å². The molecule has 2 heterocycles. The highest BCUT2D eigenvalue weighted by atomic mass is 32.1. The van der Waals surface area contributed by atoms with Gasteiger partial charge in [-0.15, -0.1) is 11.3 Å². The molecule has 1 fully saturated rings. The van der Waals surface area contributed by atoms with Gasteiger partial charge in [-0.05, 0) is 41.5 Å². The first kappa shape index (κ1) is 20.1. The number of benzene rings is 1. The van der Waals surface area contributed by atoms with Crippen molar-refractivity contribution >= 4 is 34.7 Å². The summed E-state index contributed by atoms with van der Waals surface area (Å²) in [6.45, 7) is 4.93. The van der Waals surface area contributed by atoms with Gasteiger partial charge in [-0.2, -0.15) is 0 Å². The van der Waals surface area contributed by atoms with Gasteiger partial charge >= 0.3 is 0 Å². The summed E-state index contributed by atoms with van der Waals surface area (Å²) in [4.78, 5) is 39.1. The first-order chi connectivity index (χ1) is 13.5. The summed E-state index contributed by atoms with van der Waals surface area (Å²) in [7, 11) is 0. The van der Waals surface area contributed by atoms with E-state index in [-0.39, 0.29) is 23.6 Å². The van der Waals surface area contributed by atoms with E-state index in [1.807, 2.05) is 49.6 Å². The molecule has 0 radical (unpaired) electrons. The molecule has 1 saturated heterocycles. The molecule has 6 nitrogen and oxygen atoms in total. The molecule has 0 bridgehead atoms. The summed E-state index contributed by atoms with van der Waals surface area (Å²) < 4.78 is 0. The fourth-order valence-corrected chi connectivity index (χ4v) is 3.80. The zero-order chi connectivity index (χ0) is 20.1. The first-order valence-corrected chi connectivity index (χ1v) is 10.3. The number of nitrogens with one attached hydrogen (secondary N) is 2. The Balaban J connectivity index is 1.56. The Labute approximate surface area is 168 Å². The van der Waals surface area contributed by atoms with E-state index in [1.54, 1.807) is 11.0 Å². The summed E-state index contributed by atoms with van der Waals surface area (Å²) in [5.74, 6) is -0.322. The Morgan fingerprint density at radius 3 is 2.50 bits per heavy atom. The smallest absolute Gasteiger partial charge is 0.262 e. The lowest BCUT2D eigenvalue weighted by Crippen LogP contribution is -2.49. The highest BCUT2D eigenvalue weighted by molar-refractivity contribution is 7.12. The van der Waals surface area contributed by atoms with Gasteiger partial charge in [0, 0.05) is 25.2 Å². The number of thiophene rings is 1. The fraction of sp³-hybridized carbons (Fsp3) is 0.381. The predicted octanol–water partition coefficient (Wildman–Crippen LogP) is 2.95. The van der Waals surface area contributed by atoms with Gasteiger partial charge in [-0.25, -0.2) is 0 Å². The molecule has 2 aromatic rings. The molecule has 1 aromatic heterocycles. The fourth-order valence-electron chi connectivity index (χ4n) is 3.17.